The zero-order chi connectivity index (χ0) is 7.98. The van der Waals surface area contributed by atoms with Gasteiger partial charge in [0.15, 0.2) is 11.6 Å². The lowest BCUT2D eigenvalue weighted by Crippen LogP contribution is -1.97. The van der Waals surface area contributed by atoms with Crippen LogP contribution in [0, 0.1) is 0 Å². The van der Waals surface area contributed by atoms with Gasteiger partial charge in [0, 0.05) is 0 Å². The molecule has 53 valence electrons. The van der Waals surface area contributed by atoms with Crippen molar-refractivity contribution in [2.45, 2.75) is 0 Å². The molecular formula is C7H7O3. The van der Waals surface area contributed by atoms with E-state index < -0.39 is 0 Å². The van der Waals surface area contributed by atoms with Gasteiger partial charge in [-0.05, 0) is 24.3 Å². The van der Waals surface area contributed by atoms with E-state index in [1.807, 2.05) is 0 Å². The fraction of sp³-hybridized carbons (Fsp3) is 0.143. The molecule has 0 bridgehead atoms. The summed E-state index contributed by atoms with van der Waals surface area (Å²) in [7, 11) is 0.750. The van der Waals surface area contributed by atoms with Crippen LogP contribution in [0.2, 0.25) is 0 Å². The molecular weight excluding hydrogens is 132 g/mol. The molecule has 0 fully saturated rings. The standard InChI is InChI=1S/C6H4O2.CH3O/c7-5-1-2-6(8)4-3-5;1-2/h1-4H;1H3. The van der Waals surface area contributed by atoms with Crippen molar-refractivity contribution < 1.29 is 14.7 Å². The predicted molar refractivity (Wildman–Crippen MR) is 34.9 cm³/mol. The van der Waals surface area contributed by atoms with Crippen LogP contribution in [0.25, 0.3) is 0 Å². The minimum absolute atomic E-state index is 0.121. The van der Waals surface area contributed by atoms with Gasteiger partial charge in [-0.25, -0.2) is 5.11 Å². The third-order valence-corrected chi connectivity index (χ3v) is 0.824. The number of carbonyl (C=O) groups excluding carboxylic acids is 2. The summed E-state index contributed by atoms with van der Waals surface area (Å²) in [6, 6.07) is 0. The van der Waals surface area contributed by atoms with E-state index in [9.17, 15) is 9.59 Å². The Kier molecular flexibility index (Phi) is 4.07. The Bertz CT molecular complexity index is 151. The number of allylic oxidation sites excluding steroid dienone is 4. The third kappa shape index (κ3) is 2.94. The maximum atomic E-state index is 10.3. The molecule has 0 unspecified atom stereocenters. The van der Waals surface area contributed by atoms with Crippen molar-refractivity contribution in [2.75, 3.05) is 7.11 Å². The highest BCUT2D eigenvalue weighted by atomic mass is 16.2. The first kappa shape index (κ1) is 8.78. The lowest BCUT2D eigenvalue weighted by molar-refractivity contribution is -0.113. The molecule has 1 aliphatic carbocycles. The average Bonchev–Trinajstić information content (AvgIpc) is 2.00. The summed E-state index contributed by atoms with van der Waals surface area (Å²) in [6.45, 7) is 0. The second-order valence-electron chi connectivity index (χ2n) is 1.47. The van der Waals surface area contributed by atoms with Crippen molar-refractivity contribution in [1.82, 2.24) is 0 Å². The average molecular weight is 139 g/mol. The molecule has 3 heteroatoms. The van der Waals surface area contributed by atoms with E-state index in [4.69, 9.17) is 5.11 Å². The Morgan fingerprint density at radius 2 is 1.00 bits per heavy atom. The van der Waals surface area contributed by atoms with Gasteiger partial charge in [0.25, 0.3) is 0 Å². The Morgan fingerprint density at radius 1 is 0.800 bits per heavy atom. The van der Waals surface area contributed by atoms with Crippen molar-refractivity contribution in [1.29, 1.82) is 0 Å². The van der Waals surface area contributed by atoms with Gasteiger partial charge in [-0.3, -0.25) is 9.59 Å². The topological polar surface area (TPSA) is 54.0 Å². The smallest absolute Gasteiger partial charge is 0.178 e. The quantitative estimate of drug-likeness (QED) is 0.453. The predicted octanol–water partition coefficient (Wildman–Crippen LogP) is 0.297. The molecule has 0 heterocycles. The van der Waals surface area contributed by atoms with Crippen LogP contribution in [-0.4, -0.2) is 18.7 Å². The van der Waals surface area contributed by atoms with Gasteiger partial charge in [0.1, 0.15) is 0 Å². The Morgan fingerprint density at radius 3 is 1.20 bits per heavy atom. The molecule has 1 radical (unpaired) electrons. The number of ketones is 2. The lowest BCUT2D eigenvalue weighted by atomic mass is 10.2. The van der Waals surface area contributed by atoms with E-state index in [1.165, 1.54) is 24.3 Å². The van der Waals surface area contributed by atoms with Crippen LogP contribution < -0.4 is 0 Å². The summed E-state index contributed by atoms with van der Waals surface area (Å²) in [5.74, 6) is -0.241. The Balaban J connectivity index is 0.000000371. The number of hydrogen-bond acceptors (Lipinski definition) is 2. The van der Waals surface area contributed by atoms with Crippen molar-refractivity contribution >= 4 is 11.6 Å². The SMILES string of the molecule is C[O].O=C1C=CC(=O)C=C1. The van der Waals surface area contributed by atoms with Gasteiger partial charge in [0.2, 0.25) is 0 Å². The summed E-state index contributed by atoms with van der Waals surface area (Å²) >= 11 is 0. The second kappa shape index (κ2) is 4.64. The van der Waals surface area contributed by atoms with Crippen LogP contribution in [-0.2, 0) is 14.7 Å². The monoisotopic (exact) mass is 139 g/mol. The van der Waals surface area contributed by atoms with Gasteiger partial charge < -0.3 is 0 Å². The fourth-order valence-corrected chi connectivity index (χ4v) is 0.440. The number of rotatable bonds is 0. The van der Waals surface area contributed by atoms with E-state index in [-0.39, 0.29) is 11.6 Å². The van der Waals surface area contributed by atoms with Gasteiger partial charge in [-0.1, -0.05) is 0 Å². The first-order chi connectivity index (χ1) is 4.79. The van der Waals surface area contributed by atoms with E-state index in [2.05, 4.69) is 0 Å². The molecule has 10 heavy (non-hydrogen) atoms. The molecule has 0 atom stereocenters. The molecule has 0 amide bonds. The lowest BCUT2D eigenvalue weighted by Gasteiger charge is -1.87. The molecule has 0 aliphatic heterocycles. The first-order valence-electron chi connectivity index (χ1n) is 2.64. The third-order valence-electron chi connectivity index (χ3n) is 0.824. The Hall–Kier alpha value is -1.22. The van der Waals surface area contributed by atoms with Gasteiger partial charge in [0.05, 0.1) is 7.11 Å². The summed E-state index contributed by atoms with van der Waals surface area (Å²) < 4.78 is 0. The van der Waals surface area contributed by atoms with E-state index in [0.717, 1.165) is 7.11 Å². The minimum Gasteiger partial charge on any atom is -0.290 e. The van der Waals surface area contributed by atoms with Gasteiger partial charge >= 0.3 is 0 Å². The fourth-order valence-electron chi connectivity index (χ4n) is 0.440. The molecule has 0 saturated heterocycles. The largest absolute Gasteiger partial charge is 0.290 e. The molecule has 3 nitrogen and oxygen atoms in total. The van der Waals surface area contributed by atoms with Gasteiger partial charge in [-0.15, -0.1) is 0 Å². The van der Waals surface area contributed by atoms with Crippen LogP contribution in [0.5, 0.6) is 0 Å². The van der Waals surface area contributed by atoms with Crippen molar-refractivity contribution in [3.63, 3.8) is 0 Å². The molecule has 0 aromatic rings. The molecule has 0 spiro atoms. The maximum absolute atomic E-state index is 10.3. The summed E-state index contributed by atoms with van der Waals surface area (Å²) in [5.41, 5.74) is 0. The van der Waals surface area contributed by atoms with Crippen molar-refractivity contribution in [3.8, 4) is 0 Å². The van der Waals surface area contributed by atoms with Crippen LogP contribution >= 0.6 is 0 Å². The van der Waals surface area contributed by atoms with E-state index in [0.29, 0.717) is 0 Å². The Labute approximate surface area is 58.7 Å². The molecule has 0 aromatic carbocycles. The normalized spacial score (nSPS) is 14.6. The molecule has 0 saturated carbocycles. The number of carbonyl (C=O) groups is 2. The van der Waals surface area contributed by atoms with Crippen LogP contribution in [0.3, 0.4) is 0 Å². The van der Waals surface area contributed by atoms with Crippen molar-refractivity contribution in [2.24, 2.45) is 0 Å². The number of hydrogen-bond donors (Lipinski definition) is 0. The zero-order valence-corrected chi connectivity index (χ0v) is 5.53. The summed E-state index contributed by atoms with van der Waals surface area (Å²) in [5, 5.41) is 8.25. The first-order valence-corrected chi connectivity index (χ1v) is 2.64. The minimum atomic E-state index is -0.121. The van der Waals surface area contributed by atoms with Crippen LogP contribution in [0.15, 0.2) is 24.3 Å². The highest BCUT2D eigenvalue weighted by Crippen LogP contribution is 1.90. The second-order valence-corrected chi connectivity index (χ2v) is 1.47. The molecule has 1 rings (SSSR count). The summed E-state index contributed by atoms with van der Waals surface area (Å²) in [6.07, 6.45) is 5.01. The van der Waals surface area contributed by atoms with Crippen molar-refractivity contribution in [3.05, 3.63) is 24.3 Å². The van der Waals surface area contributed by atoms with Crippen LogP contribution in [0.1, 0.15) is 0 Å². The zero-order valence-electron chi connectivity index (χ0n) is 5.53. The highest BCUT2D eigenvalue weighted by Gasteiger charge is 1.97. The van der Waals surface area contributed by atoms with E-state index in [1.54, 1.807) is 0 Å². The van der Waals surface area contributed by atoms with E-state index >= 15 is 0 Å². The highest BCUT2D eigenvalue weighted by molar-refractivity contribution is 6.14. The van der Waals surface area contributed by atoms with Gasteiger partial charge in [-0.2, -0.15) is 0 Å². The molecule has 0 aromatic heterocycles. The summed E-state index contributed by atoms with van der Waals surface area (Å²) in [4.78, 5) is 20.6. The molecule has 0 N–H and O–H groups in total. The maximum Gasteiger partial charge on any atom is 0.178 e. The van der Waals surface area contributed by atoms with Crippen LogP contribution in [0.4, 0.5) is 0 Å². The molecule has 1 aliphatic rings.